The molecule has 0 amide bonds. The summed E-state index contributed by atoms with van der Waals surface area (Å²) >= 11 is 0.517. The minimum atomic E-state index is -1.28. The zero-order valence-corrected chi connectivity index (χ0v) is 7.13. The van der Waals surface area contributed by atoms with Crippen molar-refractivity contribution in [3.8, 4) is 0 Å². The fourth-order valence-corrected chi connectivity index (χ4v) is 1.27. The van der Waals surface area contributed by atoms with Gasteiger partial charge in [-0.05, 0) is 0 Å². The van der Waals surface area contributed by atoms with Crippen molar-refractivity contribution in [1.82, 2.24) is 0 Å². The molecule has 0 aromatic carbocycles. The molecule has 0 radical (unpaired) electrons. The lowest BCUT2D eigenvalue weighted by Gasteiger charge is -2.05. The summed E-state index contributed by atoms with van der Waals surface area (Å²) in [4.78, 5) is 30.9. The number of carbonyl (C=O) groups is 3. The van der Waals surface area contributed by atoms with Gasteiger partial charge >= 0.3 is 11.9 Å². The maximum Gasteiger partial charge on any atom is 0.317 e. The molecule has 1 unspecified atom stereocenters. The lowest BCUT2D eigenvalue weighted by molar-refractivity contribution is -0.143. The lowest BCUT2D eigenvalue weighted by Crippen LogP contribution is -2.21. The van der Waals surface area contributed by atoms with E-state index in [9.17, 15) is 14.4 Å². The van der Waals surface area contributed by atoms with Gasteiger partial charge in [-0.15, -0.1) is 0 Å². The first-order valence-electron chi connectivity index (χ1n) is 3.05. The molecule has 5 nitrogen and oxygen atoms in total. The van der Waals surface area contributed by atoms with Crippen molar-refractivity contribution in [1.29, 1.82) is 0 Å². The Hall–Kier alpha value is -1.04. The Morgan fingerprint density at radius 1 is 1.42 bits per heavy atom. The summed E-state index contributed by atoms with van der Waals surface area (Å²) in [6.07, 6.45) is -0.542. The monoisotopic (exact) mass is 194 g/mol. The largest absolute Gasteiger partial charge is 0.481 e. The van der Waals surface area contributed by atoms with E-state index in [1.165, 1.54) is 6.92 Å². The van der Waals surface area contributed by atoms with Crippen molar-refractivity contribution in [3.63, 3.8) is 0 Å². The summed E-state index contributed by atoms with van der Waals surface area (Å²) < 4.78 is 0. The number of carboxylic acid groups (broad SMARTS) is 2. The quantitative estimate of drug-likeness (QED) is 0.674. The number of hydrogen-bond acceptors (Lipinski definition) is 4. The van der Waals surface area contributed by atoms with Gasteiger partial charge in [0.1, 0.15) is 5.25 Å². The number of thioether (sulfide) groups is 1. The third-order valence-electron chi connectivity index (χ3n) is 0.944. The second-order valence-corrected chi connectivity index (χ2v) is 3.41. The van der Waals surface area contributed by atoms with E-state index in [-0.39, 0.29) is 1.43 Å². The molecule has 6 heteroatoms. The van der Waals surface area contributed by atoms with Crippen LogP contribution in [-0.4, -0.2) is 32.5 Å². The molecule has 0 aliphatic rings. The Morgan fingerprint density at radius 2 is 1.92 bits per heavy atom. The van der Waals surface area contributed by atoms with Crippen LogP contribution in [0.25, 0.3) is 0 Å². The third kappa shape index (κ3) is 4.73. The van der Waals surface area contributed by atoms with Crippen LogP contribution in [-0.2, 0) is 14.4 Å². The van der Waals surface area contributed by atoms with Crippen LogP contribution in [0.5, 0.6) is 0 Å². The Bertz CT molecular complexity index is 201. The number of carboxylic acids is 2. The van der Waals surface area contributed by atoms with Gasteiger partial charge in [0.25, 0.3) is 0 Å². The summed E-state index contributed by atoms with van der Waals surface area (Å²) in [5, 5.41) is 15.1. The molecule has 70 valence electrons. The van der Waals surface area contributed by atoms with Crippen LogP contribution in [0.15, 0.2) is 0 Å². The maximum absolute atomic E-state index is 10.4. The van der Waals surface area contributed by atoms with E-state index >= 15 is 0 Å². The number of aliphatic carboxylic acids is 2. The molecule has 2 N–H and O–H groups in total. The van der Waals surface area contributed by atoms with Crippen molar-refractivity contribution < 1.29 is 26.0 Å². The molecular weight excluding hydrogens is 184 g/mol. The third-order valence-corrected chi connectivity index (χ3v) is 1.93. The minimum Gasteiger partial charge on any atom is -0.481 e. The van der Waals surface area contributed by atoms with Crippen molar-refractivity contribution in [2.45, 2.75) is 18.6 Å². The van der Waals surface area contributed by atoms with Crippen LogP contribution < -0.4 is 0 Å². The highest BCUT2D eigenvalue weighted by atomic mass is 32.2. The average Bonchev–Trinajstić information content (AvgIpc) is 1.83. The Balaban J connectivity index is 0. The van der Waals surface area contributed by atoms with Crippen LogP contribution in [0.3, 0.4) is 0 Å². The predicted octanol–water partition coefficient (Wildman–Crippen LogP) is 0.440. The lowest BCUT2D eigenvalue weighted by atomic mass is 10.3. The van der Waals surface area contributed by atoms with Gasteiger partial charge in [-0.1, -0.05) is 11.8 Å². The molecule has 0 saturated heterocycles. The molecule has 12 heavy (non-hydrogen) atoms. The Morgan fingerprint density at radius 3 is 2.17 bits per heavy atom. The molecular formula is C6H10O5S. The van der Waals surface area contributed by atoms with Gasteiger partial charge in [-0.25, -0.2) is 0 Å². The zero-order valence-electron chi connectivity index (χ0n) is 6.31. The first-order valence-corrected chi connectivity index (χ1v) is 3.93. The number of carbonyl (C=O) groups excluding carboxylic acids is 1. The smallest absolute Gasteiger partial charge is 0.317 e. The summed E-state index contributed by atoms with van der Waals surface area (Å²) in [7, 11) is 0. The minimum absolute atomic E-state index is 0. The zero-order chi connectivity index (χ0) is 9.72. The molecule has 0 saturated carbocycles. The average molecular weight is 194 g/mol. The van der Waals surface area contributed by atoms with E-state index in [0.717, 1.165) is 0 Å². The molecule has 0 fully saturated rings. The van der Waals surface area contributed by atoms with Gasteiger partial charge in [-0.3, -0.25) is 14.4 Å². The normalized spacial score (nSPS) is 12.1. The summed E-state index contributed by atoms with van der Waals surface area (Å²) in [6.45, 7) is 1.20. The van der Waals surface area contributed by atoms with E-state index in [0.29, 0.717) is 11.8 Å². The highest BCUT2D eigenvalue weighted by Gasteiger charge is 2.23. The van der Waals surface area contributed by atoms with E-state index in [4.69, 9.17) is 10.2 Å². The van der Waals surface area contributed by atoms with Crippen LogP contribution in [0, 0.1) is 0 Å². The molecule has 0 aliphatic carbocycles. The van der Waals surface area contributed by atoms with Gasteiger partial charge in [0.2, 0.25) is 0 Å². The van der Waals surface area contributed by atoms with Crippen LogP contribution in [0.4, 0.5) is 0 Å². The van der Waals surface area contributed by atoms with Crippen LogP contribution in [0.2, 0.25) is 0 Å². The van der Waals surface area contributed by atoms with Crippen LogP contribution in [0.1, 0.15) is 14.8 Å². The van der Waals surface area contributed by atoms with Crippen molar-refractivity contribution in [2.75, 3.05) is 0 Å². The summed E-state index contributed by atoms with van der Waals surface area (Å²) in [5.41, 5.74) is 0. The van der Waals surface area contributed by atoms with E-state index in [1.54, 1.807) is 0 Å². The fraction of sp³-hybridized carbons (Fsp3) is 0.500. The standard InChI is InChI=1S/C6H8O5S.H2/c1-3(7)12-4(6(10)11)2-5(8)9;/h4H,2H2,1H3,(H,8,9)(H,10,11);1H. The topological polar surface area (TPSA) is 91.7 Å². The van der Waals surface area contributed by atoms with Crippen molar-refractivity contribution in [2.24, 2.45) is 0 Å². The first kappa shape index (κ1) is 11.0. The fourth-order valence-electron chi connectivity index (χ4n) is 0.538. The van der Waals surface area contributed by atoms with Crippen LogP contribution >= 0.6 is 11.8 Å². The molecule has 0 heterocycles. The van der Waals surface area contributed by atoms with E-state index in [2.05, 4.69) is 0 Å². The number of hydrogen-bond donors (Lipinski definition) is 2. The van der Waals surface area contributed by atoms with Crippen molar-refractivity contribution in [3.05, 3.63) is 0 Å². The molecule has 0 spiro atoms. The summed E-state index contributed by atoms with van der Waals surface area (Å²) in [5.74, 6) is -2.51. The van der Waals surface area contributed by atoms with Gasteiger partial charge < -0.3 is 10.2 Å². The highest BCUT2D eigenvalue weighted by molar-refractivity contribution is 8.14. The predicted molar refractivity (Wildman–Crippen MR) is 44.1 cm³/mol. The molecule has 0 rings (SSSR count). The van der Waals surface area contributed by atoms with Gasteiger partial charge in [0.05, 0.1) is 6.42 Å². The summed E-state index contributed by atoms with van der Waals surface area (Å²) in [6, 6.07) is 0. The van der Waals surface area contributed by atoms with Gasteiger partial charge in [0.15, 0.2) is 5.12 Å². The van der Waals surface area contributed by atoms with E-state index in [1.807, 2.05) is 0 Å². The second-order valence-electron chi connectivity index (χ2n) is 2.03. The maximum atomic E-state index is 10.4. The van der Waals surface area contributed by atoms with Gasteiger partial charge in [-0.2, -0.15) is 0 Å². The molecule has 0 aromatic rings. The SMILES string of the molecule is CC(=O)SC(CC(=O)O)C(=O)O.[HH]. The van der Waals surface area contributed by atoms with E-state index < -0.39 is 28.7 Å². The number of rotatable bonds is 4. The van der Waals surface area contributed by atoms with Crippen molar-refractivity contribution >= 4 is 28.8 Å². The first-order chi connectivity index (χ1) is 5.43. The highest BCUT2D eigenvalue weighted by Crippen LogP contribution is 2.15. The second kappa shape index (κ2) is 4.76. The molecule has 0 aromatic heterocycles. The Kier molecular flexibility index (Phi) is 4.35. The molecule has 0 bridgehead atoms. The van der Waals surface area contributed by atoms with Gasteiger partial charge in [0, 0.05) is 8.35 Å². The molecule has 1 atom stereocenters. The molecule has 0 aliphatic heterocycles. The Labute approximate surface area is 74.2 Å².